The third-order valence-corrected chi connectivity index (χ3v) is 1.78. The van der Waals surface area contributed by atoms with Crippen LogP contribution in [0.5, 0.6) is 0 Å². The van der Waals surface area contributed by atoms with Crippen LogP contribution in [0.3, 0.4) is 0 Å². The summed E-state index contributed by atoms with van der Waals surface area (Å²) in [5.41, 5.74) is -2.11. The van der Waals surface area contributed by atoms with Gasteiger partial charge in [-0.2, -0.15) is 13.2 Å². The summed E-state index contributed by atoms with van der Waals surface area (Å²) in [6.07, 6.45) is -4.54. The highest BCUT2D eigenvalue weighted by Crippen LogP contribution is 2.28. The zero-order valence-electron chi connectivity index (χ0n) is 7.21. The van der Waals surface area contributed by atoms with Gasteiger partial charge in [-0.25, -0.2) is 9.78 Å². The van der Waals surface area contributed by atoms with Gasteiger partial charge in [0.15, 0.2) is 0 Å². The molecule has 0 saturated heterocycles. The van der Waals surface area contributed by atoms with Crippen molar-refractivity contribution < 1.29 is 17.6 Å². The normalized spacial score (nSPS) is 11.9. The summed E-state index contributed by atoms with van der Waals surface area (Å²) in [4.78, 5) is 14.0. The number of fused-ring (bicyclic) bond motifs is 1. The number of hydrogen-bond acceptors (Lipinski definition) is 3. The first-order valence-corrected chi connectivity index (χ1v) is 3.95. The molecule has 0 radical (unpaired) electrons. The van der Waals surface area contributed by atoms with Crippen LogP contribution in [0.15, 0.2) is 33.5 Å². The number of hydrogen-bond donors (Lipinski definition) is 0. The first-order valence-electron chi connectivity index (χ1n) is 3.95. The van der Waals surface area contributed by atoms with Gasteiger partial charge >= 0.3 is 11.8 Å². The largest absolute Gasteiger partial charge is 0.433 e. The predicted octanol–water partition coefficient (Wildman–Crippen LogP) is 2.21. The van der Waals surface area contributed by atoms with E-state index in [1.165, 1.54) is 12.1 Å². The molecule has 0 aliphatic carbocycles. The second kappa shape index (κ2) is 3.08. The number of nitrogens with zero attached hydrogens (tertiary/aromatic N) is 1. The van der Waals surface area contributed by atoms with Crippen LogP contribution in [-0.4, -0.2) is 4.98 Å². The van der Waals surface area contributed by atoms with E-state index >= 15 is 0 Å². The van der Waals surface area contributed by atoms with Crippen molar-refractivity contribution in [3.8, 4) is 0 Å². The highest BCUT2D eigenvalue weighted by atomic mass is 19.4. The van der Waals surface area contributed by atoms with Crippen LogP contribution < -0.4 is 5.63 Å². The first kappa shape index (κ1) is 9.70. The molecule has 0 unspecified atom stereocenters. The number of pyridine rings is 1. The van der Waals surface area contributed by atoms with Crippen molar-refractivity contribution in [3.05, 3.63) is 40.4 Å². The summed E-state index contributed by atoms with van der Waals surface area (Å²) < 4.78 is 41.2. The van der Waals surface area contributed by atoms with Gasteiger partial charge in [0.05, 0.1) is 0 Å². The van der Waals surface area contributed by atoms with Crippen LogP contribution in [-0.2, 0) is 6.18 Å². The lowest BCUT2D eigenvalue weighted by Gasteiger charge is -2.04. The number of aromatic nitrogens is 1. The third kappa shape index (κ3) is 1.83. The van der Waals surface area contributed by atoms with Crippen molar-refractivity contribution in [3.63, 3.8) is 0 Å². The van der Waals surface area contributed by atoms with Gasteiger partial charge in [-0.1, -0.05) is 0 Å². The van der Waals surface area contributed by atoms with E-state index in [1.807, 2.05) is 0 Å². The molecule has 6 heteroatoms. The molecule has 2 heterocycles. The SMILES string of the molecule is O=c1ccc2ccc(C(F)(F)F)nc2o1. The Labute approximate surface area is 81.2 Å². The molecule has 3 nitrogen and oxygen atoms in total. The molecule has 15 heavy (non-hydrogen) atoms. The fraction of sp³-hybridized carbons (Fsp3) is 0.111. The zero-order chi connectivity index (χ0) is 11.1. The van der Waals surface area contributed by atoms with Gasteiger partial charge in [-0.3, -0.25) is 0 Å². The lowest BCUT2D eigenvalue weighted by atomic mass is 10.2. The molecule has 78 valence electrons. The van der Waals surface area contributed by atoms with Crippen LogP contribution in [0.2, 0.25) is 0 Å². The molecule has 2 aromatic heterocycles. The molecule has 0 N–H and O–H groups in total. The molecule has 0 aromatic carbocycles. The van der Waals surface area contributed by atoms with Crippen molar-refractivity contribution >= 4 is 11.1 Å². The average Bonchev–Trinajstić information content (AvgIpc) is 2.15. The lowest BCUT2D eigenvalue weighted by Crippen LogP contribution is -2.08. The molecule has 2 aromatic rings. The molecular formula is C9H4F3NO2. The van der Waals surface area contributed by atoms with Gasteiger partial charge in [-0.15, -0.1) is 0 Å². The Balaban J connectivity index is 2.70. The van der Waals surface area contributed by atoms with Crippen molar-refractivity contribution in [2.45, 2.75) is 6.18 Å². The van der Waals surface area contributed by atoms with E-state index in [4.69, 9.17) is 0 Å². The minimum Gasteiger partial charge on any atom is -0.404 e. The van der Waals surface area contributed by atoms with E-state index in [-0.39, 0.29) is 5.71 Å². The van der Waals surface area contributed by atoms with Crippen molar-refractivity contribution in [1.29, 1.82) is 0 Å². The van der Waals surface area contributed by atoms with Crippen LogP contribution in [0.25, 0.3) is 11.1 Å². The summed E-state index contributed by atoms with van der Waals surface area (Å²) in [5, 5.41) is 0.350. The average molecular weight is 215 g/mol. The minimum absolute atomic E-state index is 0.308. The molecule has 0 amide bonds. The quantitative estimate of drug-likeness (QED) is 0.676. The molecular weight excluding hydrogens is 211 g/mol. The van der Waals surface area contributed by atoms with Crippen LogP contribution >= 0.6 is 0 Å². The van der Waals surface area contributed by atoms with Gasteiger partial charge in [-0.05, 0) is 18.2 Å². The highest BCUT2D eigenvalue weighted by molar-refractivity contribution is 5.72. The van der Waals surface area contributed by atoms with Gasteiger partial charge in [0.2, 0.25) is 5.71 Å². The fourth-order valence-electron chi connectivity index (χ4n) is 1.10. The molecule has 0 atom stereocenters. The molecule has 0 bridgehead atoms. The van der Waals surface area contributed by atoms with Crippen LogP contribution in [0, 0.1) is 0 Å². The van der Waals surface area contributed by atoms with Crippen molar-refractivity contribution in [2.24, 2.45) is 0 Å². The van der Waals surface area contributed by atoms with Crippen molar-refractivity contribution in [1.82, 2.24) is 4.98 Å². The molecule has 0 aliphatic rings. The van der Waals surface area contributed by atoms with E-state index in [9.17, 15) is 18.0 Å². The maximum atomic E-state index is 12.2. The number of rotatable bonds is 0. The second-order valence-corrected chi connectivity index (χ2v) is 2.84. The van der Waals surface area contributed by atoms with E-state index in [0.717, 1.165) is 12.1 Å². The Morgan fingerprint density at radius 1 is 1.13 bits per heavy atom. The number of alkyl halides is 3. The van der Waals surface area contributed by atoms with E-state index in [2.05, 4.69) is 9.40 Å². The van der Waals surface area contributed by atoms with E-state index in [0.29, 0.717) is 5.39 Å². The van der Waals surface area contributed by atoms with E-state index < -0.39 is 17.5 Å². The summed E-state index contributed by atoms with van der Waals surface area (Å²) in [6, 6.07) is 4.52. The fourth-order valence-corrected chi connectivity index (χ4v) is 1.10. The zero-order valence-corrected chi connectivity index (χ0v) is 7.21. The maximum Gasteiger partial charge on any atom is 0.433 e. The standard InChI is InChI=1S/C9H4F3NO2/c10-9(11,12)6-3-1-5-2-4-7(14)15-8(5)13-6/h1-4H. The molecule has 2 rings (SSSR count). The van der Waals surface area contributed by atoms with Gasteiger partial charge in [0.1, 0.15) is 5.69 Å². The summed E-state index contributed by atoms with van der Waals surface area (Å²) in [6.45, 7) is 0. The topological polar surface area (TPSA) is 43.1 Å². The molecule has 0 fully saturated rings. The maximum absolute atomic E-state index is 12.2. The lowest BCUT2D eigenvalue weighted by molar-refractivity contribution is -0.141. The van der Waals surface area contributed by atoms with Gasteiger partial charge in [0, 0.05) is 11.5 Å². The highest BCUT2D eigenvalue weighted by Gasteiger charge is 2.32. The second-order valence-electron chi connectivity index (χ2n) is 2.84. The Kier molecular flexibility index (Phi) is 1.99. The molecule has 0 aliphatic heterocycles. The summed E-state index contributed by atoms with van der Waals surface area (Å²) in [7, 11) is 0. The Morgan fingerprint density at radius 2 is 1.80 bits per heavy atom. The Bertz CT molecular complexity index is 559. The van der Waals surface area contributed by atoms with Gasteiger partial charge < -0.3 is 4.42 Å². The molecule has 0 spiro atoms. The molecule has 0 saturated carbocycles. The first-order chi connectivity index (χ1) is 6.97. The van der Waals surface area contributed by atoms with Crippen LogP contribution in [0.4, 0.5) is 13.2 Å². The monoisotopic (exact) mass is 215 g/mol. The Morgan fingerprint density at radius 3 is 2.47 bits per heavy atom. The Hall–Kier alpha value is -1.85. The number of halogens is 3. The van der Waals surface area contributed by atoms with E-state index in [1.54, 1.807) is 0 Å². The summed E-state index contributed by atoms with van der Waals surface area (Å²) >= 11 is 0. The van der Waals surface area contributed by atoms with Crippen molar-refractivity contribution in [2.75, 3.05) is 0 Å². The summed E-state index contributed by atoms with van der Waals surface area (Å²) in [5.74, 6) is 0. The van der Waals surface area contributed by atoms with Gasteiger partial charge in [0.25, 0.3) is 0 Å². The minimum atomic E-state index is -4.54. The van der Waals surface area contributed by atoms with Crippen LogP contribution in [0.1, 0.15) is 5.69 Å². The smallest absolute Gasteiger partial charge is 0.404 e. The third-order valence-electron chi connectivity index (χ3n) is 1.78. The predicted molar refractivity (Wildman–Crippen MR) is 45.3 cm³/mol.